The molecule has 2 N–H and O–H groups in total. The molecule has 4 aliphatic carbocycles. The van der Waals surface area contributed by atoms with E-state index >= 15 is 0 Å². The largest absolute Gasteiger partial charge is 0.871 e. The van der Waals surface area contributed by atoms with Crippen LogP contribution in [0.1, 0.15) is 54.1 Å². The van der Waals surface area contributed by atoms with Gasteiger partial charge in [-0.15, -0.1) is 11.3 Å². The normalized spacial score (nSPS) is 29.4. The Morgan fingerprint density at radius 1 is 1.10 bits per heavy atom. The number of nitrogens with zero attached hydrogens (tertiary/aromatic N) is 1. The van der Waals surface area contributed by atoms with Crippen molar-refractivity contribution in [3.8, 4) is 5.75 Å². The molecule has 1 aromatic carbocycles. The first-order chi connectivity index (χ1) is 14.6. The van der Waals surface area contributed by atoms with Crippen LogP contribution in [0, 0.1) is 23.7 Å². The standard InChI is InChI=1S/C23H23N3O3S/c27-20-15-3-1-2-4-16(15)24-21(28)19(20)22(29)26-23-25-17(10-30-23)18-13-6-11-5-12(8-13)9-14(18)7-11/h1-4,10-14,18H,5-9H2,(H2,24,27,28)(H,25,26,29)/p-1. The number of anilines is 1. The number of benzene rings is 1. The summed E-state index contributed by atoms with van der Waals surface area (Å²) in [5, 5.41) is 18.2. The fraction of sp³-hybridized carbons (Fsp3) is 0.435. The third-order valence-electron chi connectivity index (χ3n) is 7.41. The lowest BCUT2D eigenvalue weighted by atomic mass is 9.51. The monoisotopic (exact) mass is 420 g/mol. The molecule has 0 spiro atoms. The number of hydrogen-bond acceptors (Lipinski definition) is 5. The first kappa shape index (κ1) is 18.1. The Bertz CT molecular complexity index is 1190. The van der Waals surface area contributed by atoms with Gasteiger partial charge in [0.05, 0.1) is 11.3 Å². The maximum Gasteiger partial charge on any atom is 0.262 e. The van der Waals surface area contributed by atoms with Crippen LogP contribution >= 0.6 is 11.3 Å². The topological polar surface area (TPSA) is 97.9 Å². The van der Waals surface area contributed by atoms with Crippen molar-refractivity contribution < 1.29 is 9.90 Å². The molecule has 0 saturated heterocycles. The molecular formula is C23H22N3O3S-. The van der Waals surface area contributed by atoms with E-state index in [1.54, 1.807) is 24.3 Å². The van der Waals surface area contributed by atoms with Crippen LogP contribution in [0.2, 0.25) is 0 Å². The molecule has 154 valence electrons. The van der Waals surface area contributed by atoms with Gasteiger partial charge >= 0.3 is 0 Å². The Kier molecular flexibility index (Phi) is 4.03. The predicted molar refractivity (Wildman–Crippen MR) is 114 cm³/mol. The van der Waals surface area contributed by atoms with Crippen LogP contribution < -0.4 is 16.0 Å². The summed E-state index contributed by atoms with van der Waals surface area (Å²) in [4.78, 5) is 32.5. The van der Waals surface area contributed by atoms with E-state index in [4.69, 9.17) is 4.98 Å². The first-order valence-electron chi connectivity index (χ1n) is 10.7. The van der Waals surface area contributed by atoms with Crippen LogP contribution in [0.25, 0.3) is 10.9 Å². The van der Waals surface area contributed by atoms with Crippen LogP contribution in [-0.4, -0.2) is 15.9 Å². The summed E-state index contributed by atoms with van der Waals surface area (Å²) >= 11 is 1.37. The number of carbonyl (C=O) groups is 1. The highest BCUT2D eigenvalue weighted by Crippen LogP contribution is 2.59. The van der Waals surface area contributed by atoms with Crippen LogP contribution in [0.3, 0.4) is 0 Å². The van der Waals surface area contributed by atoms with E-state index in [1.165, 1.54) is 43.4 Å². The maximum atomic E-state index is 12.8. The zero-order valence-electron chi connectivity index (χ0n) is 16.4. The first-order valence-corrected chi connectivity index (χ1v) is 11.5. The molecule has 4 saturated carbocycles. The molecule has 0 atom stereocenters. The van der Waals surface area contributed by atoms with Crippen molar-refractivity contribution in [2.45, 2.75) is 38.0 Å². The van der Waals surface area contributed by atoms with Gasteiger partial charge < -0.3 is 10.1 Å². The van der Waals surface area contributed by atoms with Crippen molar-refractivity contribution in [1.29, 1.82) is 0 Å². The summed E-state index contributed by atoms with van der Waals surface area (Å²) in [5.74, 6) is 2.46. The van der Waals surface area contributed by atoms with Crippen molar-refractivity contribution in [3.63, 3.8) is 0 Å². The lowest BCUT2D eigenvalue weighted by molar-refractivity contribution is -0.266. The summed E-state index contributed by atoms with van der Waals surface area (Å²) in [5.41, 5.74) is 0.440. The fourth-order valence-corrected chi connectivity index (χ4v) is 7.24. The summed E-state index contributed by atoms with van der Waals surface area (Å²) in [6.07, 6.45) is 6.65. The minimum Gasteiger partial charge on any atom is -0.871 e. The number of amides is 1. The molecule has 4 aliphatic rings. The molecule has 30 heavy (non-hydrogen) atoms. The van der Waals surface area contributed by atoms with Gasteiger partial charge in [0.2, 0.25) is 0 Å². The molecule has 4 bridgehead atoms. The molecule has 0 radical (unpaired) electrons. The fourth-order valence-electron chi connectivity index (χ4n) is 6.48. The molecule has 6 nitrogen and oxygen atoms in total. The quantitative estimate of drug-likeness (QED) is 0.672. The zero-order valence-corrected chi connectivity index (χ0v) is 17.2. The number of carbonyl (C=O) groups excluding carboxylic acids is 1. The van der Waals surface area contributed by atoms with Gasteiger partial charge in [0.1, 0.15) is 0 Å². The molecule has 4 fully saturated rings. The van der Waals surface area contributed by atoms with Crippen molar-refractivity contribution in [3.05, 3.63) is 51.3 Å². The average Bonchev–Trinajstić information content (AvgIpc) is 3.15. The number of thiazole rings is 1. The molecule has 7 rings (SSSR count). The van der Waals surface area contributed by atoms with Crippen LogP contribution in [0.15, 0.2) is 34.4 Å². The van der Waals surface area contributed by atoms with E-state index in [0.717, 1.165) is 17.5 Å². The Balaban J connectivity index is 1.27. The number of para-hydroxylation sites is 1. The van der Waals surface area contributed by atoms with Crippen molar-refractivity contribution in [2.24, 2.45) is 23.7 Å². The summed E-state index contributed by atoms with van der Waals surface area (Å²) in [6.45, 7) is 0. The molecule has 1 amide bonds. The second-order valence-corrected chi connectivity index (χ2v) is 10.1. The number of fused-ring (bicyclic) bond motifs is 1. The van der Waals surface area contributed by atoms with E-state index in [1.807, 2.05) is 5.38 Å². The molecule has 0 aliphatic heterocycles. The molecule has 2 aromatic heterocycles. The highest BCUT2D eigenvalue weighted by atomic mass is 32.1. The van der Waals surface area contributed by atoms with Gasteiger partial charge in [0.25, 0.3) is 11.5 Å². The SMILES string of the molecule is O=C(Nc1nc(C2C3CC4CC(C3)CC2C4)cs1)c1c([O-])c2ccccc2[nH]c1=O. The lowest BCUT2D eigenvalue weighted by Crippen LogP contribution is -2.43. The highest BCUT2D eigenvalue weighted by molar-refractivity contribution is 7.14. The van der Waals surface area contributed by atoms with Crippen molar-refractivity contribution in [2.75, 3.05) is 5.32 Å². The number of pyridine rings is 1. The number of H-pyrrole nitrogens is 1. The smallest absolute Gasteiger partial charge is 0.262 e. The number of aromatic amines is 1. The van der Waals surface area contributed by atoms with Crippen LogP contribution in [-0.2, 0) is 0 Å². The van der Waals surface area contributed by atoms with Gasteiger partial charge in [0.15, 0.2) is 5.13 Å². The van der Waals surface area contributed by atoms with E-state index in [-0.39, 0.29) is 5.56 Å². The minimum absolute atomic E-state index is 0.329. The summed E-state index contributed by atoms with van der Waals surface area (Å²) in [6, 6.07) is 6.71. The van der Waals surface area contributed by atoms with Crippen LogP contribution in [0.4, 0.5) is 5.13 Å². The molecular weight excluding hydrogens is 398 g/mol. The lowest BCUT2D eigenvalue weighted by Gasteiger charge is -2.54. The zero-order chi connectivity index (χ0) is 20.4. The van der Waals surface area contributed by atoms with Gasteiger partial charge in [-0.3, -0.25) is 14.9 Å². The Labute approximate surface area is 177 Å². The van der Waals surface area contributed by atoms with Crippen LogP contribution in [0.5, 0.6) is 5.75 Å². The predicted octanol–water partition coefficient (Wildman–Crippen LogP) is 3.85. The molecule has 3 aromatic rings. The highest BCUT2D eigenvalue weighted by Gasteiger charge is 2.49. The van der Waals surface area contributed by atoms with Crippen molar-refractivity contribution >= 4 is 33.3 Å². The molecule has 7 heteroatoms. The number of nitrogens with one attached hydrogen (secondary N) is 2. The van der Waals surface area contributed by atoms with Gasteiger partial charge in [-0.1, -0.05) is 23.9 Å². The Morgan fingerprint density at radius 3 is 2.53 bits per heavy atom. The third kappa shape index (κ3) is 2.79. The second kappa shape index (κ2) is 6.67. The van der Waals surface area contributed by atoms with Gasteiger partial charge in [0, 0.05) is 16.8 Å². The van der Waals surface area contributed by atoms with Gasteiger partial charge in [-0.25, -0.2) is 4.98 Å². The summed E-state index contributed by atoms with van der Waals surface area (Å²) in [7, 11) is 0. The van der Waals surface area contributed by atoms with E-state index in [9.17, 15) is 14.7 Å². The van der Waals surface area contributed by atoms with E-state index in [2.05, 4.69) is 10.3 Å². The minimum atomic E-state index is -0.696. The molecule has 2 heterocycles. The Morgan fingerprint density at radius 2 is 1.80 bits per heavy atom. The molecule has 0 unspecified atom stereocenters. The maximum absolute atomic E-state index is 12.8. The van der Waals surface area contributed by atoms with Gasteiger partial charge in [-0.2, -0.15) is 0 Å². The number of rotatable bonds is 3. The van der Waals surface area contributed by atoms with Crippen molar-refractivity contribution in [1.82, 2.24) is 9.97 Å². The second-order valence-electron chi connectivity index (χ2n) is 9.19. The number of aromatic nitrogens is 2. The van der Waals surface area contributed by atoms with Gasteiger partial charge in [-0.05, 0) is 67.2 Å². The van der Waals surface area contributed by atoms with E-state index < -0.39 is 17.2 Å². The number of hydrogen-bond donors (Lipinski definition) is 2. The average molecular weight is 421 g/mol. The van der Waals surface area contributed by atoms with E-state index in [0.29, 0.717) is 33.8 Å². The summed E-state index contributed by atoms with van der Waals surface area (Å²) < 4.78 is 0. The third-order valence-corrected chi connectivity index (χ3v) is 8.19. The Hall–Kier alpha value is -2.67.